The number of benzene rings is 8. The number of rotatable bonds is 10. The molecular weight excluding hydrogens is 673 g/mol. The van der Waals surface area contributed by atoms with Crippen LogP contribution in [0, 0.1) is 13.8 Å². The molecule has 0 aliphatic rings. The van der Waals surface area contributed by atoms with Crippen LogP contribution in [0.2, 0.25) is 0 Å². The maximum atomic E-state index is 2.31. The Balaban J connectivity index is 1.06. The molecule has 0 aliphatic carbocycles. The van der Waals surface area contributed by atoms with Gasteiger partial charge in [0, 0.05) is 0 Å². The Labute approximate surface area is 331 Å². The monoisotopic (exact) mass is 716 g/mol. The average molecular weight is 717 g/mol. The molecular formula is C56H44. The molecule has 0 atom stereocenters. The molecule has 0 heterocycles. The molecule has 56 heavy (non-hydrogen) atoms. The van der Waals surface area contributed by atoms with Gasteiger partial charge < -0.3 is 0 Å². The minimum absolute atomic E-state index is 1.18. The van der Waals surface area contributed by atoms with E-state index < -0.39 is 0 Å². The van der Waals surface area contributed by atoms with E-state index >= 15 is 0 Å². The van der Waals surface area contributed by atoms with Gasteiger partial charge in [0.1, 0.15) is 0 Å². The lowest BCUT2D eigenvalue weighted by Crippen LogP contribution is -1.90. The fourth-order valence-corrected chi connectivity index (χ4v) is 7.43. The van der Waals surface area contributed by atoms with Gasteiger partial charge in [-0.05, 0) is 115 Å². The summed E-state index contributed by atoms with van der Waals surface area (Å²) < 4.78 is 0. The predicted molar refractivity (Wildman–Crippen MR) is 244 cm³/mol. The molecule has 8 rings (SSSR count). The second kappa shape index (κ2) is 17.0. The van der Waals surface area contributed by atoms with E-state index in [9.17, 15) is 0 Å². The lowest BCUT2D eigenvalue weighted by Gasteiger charge is -2.11. The second-order valence-corrected chi connectivity index (χ2v) is 14.3. The van der Waals surface area contributed by atoms with Gasteiger partial charge in [-0.3, -0.25) is 0 Å². The first-order valence-electron chi connectivity index (χ1n) is 19.3. The van der Waals surface area contributed by atoms with E-state index in [0.29, 0.717) is 0 Å². The standard InChI is InChI=1S/C56H44/c1-41-37-43(31-35-52(41)39-54(45-17-7-3-8-18-45)46-19-9-4-10-20-46)29-33-50-27-15-25-49-26-16-28-51(56(49)50)34-30-44-32-36-53(42(2)38-44)40-55(47-21-11-5-12-22-47)48-23-13-6-14-24-48/h3-40H,1-2H3/b33-29+,34-30+. The molecule has 0 nitrogen and oxygen atoms in total. The van der Waals surface area contributed by atoms with Crippen LogP contribution in [0.5, 0.6) is 0 Å². The largest absolute Gasteiger partial charge is 0.0622 e. The normalized spacial score (nSPS) is 11.2. The van der Waals surface area contributed by atoms with Crippen LogP contribution in [0.3, 0.4) is 0 Å². The van der Waals surface area contributed by atoms with Gasteiger partial charge in [-0.2, -0.15) is 0 Å². The first-order valence-corrected chi connectivity index (χ1v) is 19.3. The fourth-order valence-electron chi connectivity index (χ4n) is 7.43. The van der Waals surface area contributed by atoms with Gasteiger partial charge in [-0.15, -0.1) is 0 Å². The first kappa shape index (κ1) is 36.0. The molecule has 0 saturated carbocycles. The average Bonchev–Trinajstić information content (AvgIpc) is 3.25. The van der Waals surface area contributed by atoms with Gasteiger partial charge in [0.15, 0.2) is 0 Å². The Morgan fingerprint density at radius 3 is 1.02 bits per heavy atom. The molecule has 0 unspecified atom stereocenters. The smallest absolute Gasteiger partial charge is 0.00389 e. The molecule has 8 aromatic rings. The van der Waals surface area contributed by atoms with E-state index in [4.69, 9.17) is 0 Å². The third-order valence-corrected chi connectivity index (χ3v) is 10.4. The highest BCUT2D eigenvalue weighted by atomic mass is 14.1. The van der Waals surface area contributed by atoms with E-state index in [1.807, 2.05) is 0 Å². The van der Waals surface area contributed by atoms with E-state index in [1.54, 1.807) is 0 Å². The summed E-state index contributed by atoms with van der Waals surface area (Å²) >= 11 is 0. The molecule has 0 spiro atoms. The summed E-state index contributed by atoms with van der Waals surface area (Å²) in [6, 6.07) is 69.2. The fraction of sp³-hybridized carbons (Fsp3) is 0.0357. The highest BCUT2D eigenvalue weighted by molar-refractivity contribution is 6.00. The van der Waals surface area contributed by atoms with Gasteiger partial charge >= 0.3 is 0 Å². The Kier molecular flexibility index (Phi) is 10.9. The first-order chi connectivity index (χ1) is 27.6. The van der Waals surface area contributed by atoms with Crippen molar-refractivity contribution >= 4 is 58.4 Å². The van der Waals surface area contributed by atoms with Crippen LogP contribution in [0.1, 0.15) is 66.8 Å². The Morgan fingerprint density at radius 2 is 0.679 bits per heavy atom. The Bertz CT molecular complexity index is 2440. The van der Waals surface area contributed by atoms with Crippen molar-refractivity contribution in [2.24, 2.45) is 0 Å². The summed E-state index contributed by atoms with van der Waals surface area (Å²) in [6.07, 6.45) is 13.6. The lowest BCUT2D eigenvalue weighted by molar-refractivity contribution is 1.43. The Morgan fingerprint density at radius 1 is 0.321 bits per heavy atom. The molecule has 0 aliphatic heterocycles. The van der Waals surface area contributed by atoms with Gasteiger partial charge in [0.2, 0.25) is 0 Å². The van der Waals surface area contributed by atoms with Gasteiger partial charge in [0.25, 0.3) is 0 Å². The van der Waals surface area contributed by atoms with Crippen LogP contribution >= 0.6 is 0 Å². The molecule has 268 valence electrons. The maximum absolute atomic E-state index is 2.31. The second-order valence-electron chi connectivity index (χ2n) is 14.3. The molecule has 0 bridgehead atoms. The summed E-state index contributed by atoms with van der Waals surface area (Å²) in [5.41, 5.74) is 17.0. The van der Waals surface area contributed by atoms with E-state index in [-0.39, 0.29) is 0 Å². The molecule has 0 heteroatoms. The summed E-state index contributed by atoms with van der Waals surface area (Å²) in [6.45, 7) is 4.40. The summed E-state index contributed by atoms with van der Waals surface area (Å²) in [4.78, 5) is 0. The van der Waals surface area contributed by atoms with Crippen LogP contribution < -0.4 is 0 Å². The summed E-state index contributed by atoms with van der Waals surface area (Å²) in [7, 11) is 0. The molecule has 0 aromatic heterocycles. The van der Waals surface area contributed by atoms with Crippen molar-refractivity contribution in [3.8, 4) is 0 Å². The summed E-state index contributed by atoms with van der Waals surface area (Å²) in [5, 5.41) is 2.48. The zero-order chi connectivity index (χ0) is 38.1. The van der Waals surface area contributed by atoms with Gasteiger partial charge in [0.05, 0.1) is 0 Å². The molecule has 0 fully saturated rings. The highest BCUT2D eigenvalue weighted by Gasteiger charge is 2.09. The summed E-state index contributed by atoms with van der Waals surface area (Å²) in [5.74, 6) is 0. The van der Waals surface area contributed by atoms with Crippen LogP contribution in [0.15, 0.2) is 194 Å². The lowest BCUT2D eigenvalue weighted by atomic mass is 9.93. The van der Waals surface area contributed by atoms with Crippen molar-refractivity contribution in [1.29, 1.82) is 0 Å². The molecule has 0 radical (unpaired) electrons. The molecule has 8 aromatic carbocycles. The van der Waals surface area contributed by atoms with Crippen molar-refractivity contribution < 1.29 is 0 Å². The molecule has 0 saturated heterocycles. The SMILES string of the molecule is Cc1cc(/C=C/c2cccc3cccc(/C=C/c4ccc(C=C(c5ccccc5)c5ccccc5)c(C)c4)c23)ccc1C=C(c1ccccc1)c1ccccc1. The quantitative estimate of drug-likeness (QED) is 0.124. The molecule has 0 amide bonds. The van der Waals surface area contributed by atoms with Crippen LogP contribution in [0.25, 0.3) is 58.4 Å². The minimum Gasteiger partial charge on any atom is -0.0622 e. The molecule has 0 N–H and O–H groups in total. The van der Waals surface area contributed by atoms with Crippen molar-refractivity contribution in [3.05, 3.63) is 261 Å². The van der Waals surface area contributed by atoms with Crippen LogP contribution in [-0.4, -0.2) is 0 Å². The zero-order valence-electron chi connectivity index (χ0n) is 31.9. The van der Waals surface area contributed by atoms with Crippen LogP contribution in [-0.2, 0) is 0 Å². The van der Waals surface area contributed by atoms with Gasteiger partial charge in [-0.1, -0.05) is 218 Å². The topological polar surface area (TPSA) is 0 Å². The number of fused-ring (bicyclic) bond motifs is 1. The van der Waals surface area contributed by atoms with Crippen molar-refractivity contribution in [2.45, 2.75) is 13.8 Å². The minimum atomic E-state index is 1.18. The number of hydrogen-bond acceptors (Lipinski definition) is 0. The third-order valence-electron chi connectivity index (χ3n) is 10.4. The number of aryl methyl sites for hydroxylation is 2. The predicted octanol–water partition coefficient (Wildman–Crippen LogP) is 15.0. The van der Waals surface area contributed by atoms with Crippen molar-refractivity contribution in [2.75, 3.05) is 0 Å². The van der Waals surface area contributed by atoms with Crippen LogP contribution in [0.4, 0.5) is 0 Å². The third kappa shape index (κ3) is 8.36. The van der Waals surface area contributed by atoms with E-state index in [0.717, 1.165) is 0 Å². The highest BCUT2D eigenvalue weighted by Crippen LogP contribution is 2.31. The van der Waals surface area contributed by atoms with E-state index in [1.165, 1.54) is 88.7 Å². The Hall–Kier alpha value is -7.02. The van der Waals surface area contributed by atoms with Crippen molar-refractivity contribution in [1.82, 2.24) is 0 Å². The van der Waals surface area contributed by atoms with Gasteiger partial charge in [-0.25, -0.2) is 0 Å². The zero-order valence-corrected chi connectivity index (χ0v) is 31.9. The van der Waals surface area contributed by atoms with Crippen molar-refractivity contribution in [3.63, 3.8) is 0 Å². The maximum Gasteiger partial charge on any atom is -0.00389 e. The number of hydrogen-bond donors (Lipinski definition) is 0. The van der Waals surface area contributed by atoms with E-state index in [2.05, 4.69) is 244 Å².